The summed E-state index contributed by atoms with van der Waals surface area (Å²) in [6.45, 7) is 4.65. The summed E-state index contributed by atoms with van der Waals surface area (Å²) in [5.74, 6) is -1.01. The first-order chi connectivity index (χ1) is 7.52. The Hall–Kier alpha value is -0.650. The molecule has 1 atom stereocenters. The van der Waals surface area contributed by atoms with Crippen molar-refractivity contribution in [2.24, 2.45) is 5.73 Å². The molecule has 5 nitrogen and oxygen atoms in total. The van der Waals surface area contributed by atoms with E-state index >= 15 is 0 Å². The number of unbranched alkanes of at least 4 members (excludes halogenated alkanes) is 2. The molecular weight excluding hydrogens is 208 g/mol. The second kappa shape index (κ2) is 7.60. The molecule has 0 aromatic heterocycles. The number of aliphatic hydroxyl groups excluding tert-OH is 1. The number of hydrogen-bond donors (Lipinski definition) is 3. The number of hydrogen-bond acceptors (Lipinski definition) is 4. The third kappa shape index (κ3) is 4.08. The van der Waals surface area contributed by atoms with Gasteiger partial charge in [-0.05, 0) is 19.4 Å². The number of carbonyl (C=O) groups is 1. The fourth-order valence-corrected chi connectivity index (χ4v) is 1.81. The van der Waals surface area contributed by atoms with Crippen molar-refractivity contribution in [3.8, 4) is 0 Å². The number of carboxylic acids is 1. The Balaban J connectivity index is 4.57. The van der Waals surface area contributed by atoms with E-state index in [0.29, 0.717) is 19.5 Å². The molecule has 0 amide bonds. The average molecular weight is 232 g/mol. The summed E-state index contributed by atoms with van der Waals surface area (Å²) >= 11 is 0. The van der Waals surface area contributed by atoms with Crippen molar-refractivity contribution in [2.75, 3.05) is 19.7 Å². The van der Waals surface area contributed by atoms with Crippen LogP contribution in [0.4, 0.5) is 0 Å². The van der Waals surface area contributed by atoms with E-state index in [1.165, 1.54) is 0 Å². The van der Waals surface area contributed by atoms with Gasteiger partial charge in [0.2, 0.25) is 0 Å². The molecule has 0 rings (SSSR count). The van der Waals surface area contributed by atoms with Crippen molar-refractivity contribution in [2.45, 2.75) is 45.2 Å². The molecular formula is C11H24N2O3. The normalized spacial score (nSPS) is 15.1. The Morgan fingerprint density at radius 1 is 1.38 bits per heavy atom. The number of rotatable bonds is 9. The largest absolute Gasteiger partial charge is 0.479 e. The number of nitrogens with zero attached hydrogens (tertiary/aromatic N) is 1. The molecule has 0 fully saturated rings. The van der Waals surface area contributed by atoms with Gasteiger partial charge in [0.25, 0.3) is 0 Å². The van der Waals surface area contributed by atoms with Crippen LogP contribution >= 0.6 is 0 Å². The Morgan fingerprint density at radius 2 is 2.00 bits per heavy atom. The molecule has 0 radical (unpaired) electrons. The van der Waals surface area contributed by atoms with Crippen molar-refractivity contribution in [3.63, 3.8) is 0 Å². The molecule has 5 heteroatoms. The molecule has 0 aliphatic heterocycles. The first-order valence-electron chi connectivity index (χ1n) is 5.91. The molecule has 0 heterocycles. The molecule has 1 unspecified atom stereocenters. The van der Waals surface area contributed by atoms with Crippen LogP contribution in [0.2, 0.25) is 0 Å². The maximum atomic E-state index is 11.2. The summed E-state index contributed by atoms with van der Waals surface area (Å²) in [5.41, 5.74) is 4.60. The molecule has 0 aliphatic carbocycles. The lowest BCUT2D eigenvalue weighted by atomic mass is 10.0. The van der Waals surface area contributed by atoms with Gasteiger partial charge in [-0.25, -0.2) is 4.79 Å². The van der Waals surface area contributed by atoms with Gasteiger partial charge in [-0.15, -0.1) is 0 Å². The van der Waals surface area contributed by atoms with Crippen LogP contribution in [0.25, 0.3) is 0 Å². The lowest BCUT2D eigenvalue weighted by molar-refractivity contribution is -0.152. The summed E-state index contributed by atoms with van der Waals surface area (Å²) in [5, 5.41) is 18.1. The van der Waals surface area contributed by atoms with Crippen molar-refractivity contribution in [3.05, 3.63) is 0 Å². The third-order valence-electron chi connectivity index (χ3n) is 2.85. The van der Waals surface area contributed by atoms with E-state index in [4.69, 9.17) is 10.8 Å². The van der Waals surface area contributed by atoms with Crippen LogP contribution in [0, 0.1) is 0 Å². The number of aliphatic hydroxyl groups is 1. The van der Waals surface area contributed by atoms with E-state index in [0.717, 1.165) is 19.3 Å². The zero-order valence-electron chi connectivity index (χ0n) is 10.3. The highest BCUT2D eigenvalue weighted by atomic mass is 16.4. The van der Waals surface area contributed by atoms with Gasteiger partial charge in [0.1, 0.15) is 0 Å². The van der Waals surface area contributed by atoms with E-state index in [-0.39, 0.29) is 6.61 Å². The third-order valence-corrected chi connectivity index (χ3v) is 2.85. The maximum Gasteiger partial charge on any atom is 0.338 e. The molecule has 0 saturated carbocycles. The second-order valence-electron chi connectivity index (χ2n) is 3.99. The molecule has 0 spiro atoms. The van der Waals surface area contributed by atoms with Crippen LogP contribution in [0.15, 0.2) is 0 Å². The van der Waals surface area contributed by atoms with Crippen LogP contribution in [0.5, 0.6) is 0 Å². The van der Waals surface area contributed by atoms with Crippen LogP contribution in [0.3, 0.4) is 0 Å². The Morgan fingerprint density at radius 3 is 2.38 bits per heavy atom. The Kier molecular flexibility index (Phi) is 7.29. The summed E-state index contributed by atoms with van der Waals surface area (Å²) < 4.78 is 0. The zero-order valence-corrected chi connectivity index (χ0v) is 10.3. The van der Waals surface area contributed by atoms with Crippen LogP contribution in [-0.2, 0) is 4.79 Å². The van der Waals surface area contributed by atoms with E-state index in [1.54, 1.807) is 4.90 Å². The van der Waals surface area contributed by atoms with Gasteiger partial charge in [0.15, 0.2) is 5.66 Å². The van der Waals surface area contributed by atoms with E-state index in [9.17, 15) is 9.90 Å². The minimum Gasteiger partial charge on any atom is -0.479 e. The molecule has 0 aliphatic rings. The van der Waals surface area contributed by atoms with Crippen molar-refractivity contribution >= 4 is 5.97 Å². The SMILES string of the molecule is CCCCCC(N)(C(=O)O)N(CC)CCO. The average Bonchev–Trinajstić information content (AvgIpc) is 2.25. The zero-order chi connectivity index (χ0) is 12.6. The van der Waals surface area contributed by atoms with E-state index in [2.05, 4.69) is 6.92 Å². The van der Waals surface area contributed by atoms with Gasteiger partial charge < -0.3 is 15.9 Å². The fourth-order valence-electron chi connectivity index (χ4n) is 1.81. The smallest absolute Gasteiger partial charge is 0.338 e. The molecule has 0 aromatic carbocycles. The van der Waals surface area contributed by atoms with Crippen LogP contribution in [-0.4, -0.2) is 46.4 Å². The van der Waals surface area contributed by atoms with Gasteiger partial charge in [0, 0.05) is 6.54 Å². The molecule has 0 aromatic rings. The van der Waals surface area contributed by atoms with Gasteiger partial charge in [-0.3, -0.25) is 4.90 Å². The number of aliphatic carboxylic acids is 1. The van der Waals surface area contributed by atoms with Crippen molar-refractivity contribution in [1.29, 1.82) is 0 Å². The van der Waals surface area contributed by atoms with Crippen LogP contribution in [0.1, 0.15) is 39.5 Å². The molecule has 0 bridgehead atoms. The maximum absolute atomic E-state index is 11.2. The minimum absolute atomic E-state index is 0.0755. The molecule has 96 valence electrons. The highest BCUT2D eigenvalue weighted by Crippen LogP contribution is 2.17. The fraction of sp³-hybridized carbons (Fsp3) is 0.909. The molecule has 16 heavy (non-hydrogen) atoms. The van der Waals surface area contributed by atoms with Crippen molar-refractivity contribution in [1.82, 2.24) is 4.90 Å². The monoisotopic (exact) mass is 232 g/mol. The van der Waals surface area contributed by atoms with Gasteiger partial charge >= 0.3 is 5.97 Å². The molecule has 4 N–H and O–H groups in total. The highest BCUT2D eigenvalue weighted by molar-refractivity contribution is 5.77. The van der Waals surface area contributed by atoms with Gasteiger partial charge in [0.05, 0.1) is 6.61 Å². The molecule has 0 saturated heterocycles. The van der Waals surface area contributed by atoms with Crippen molar-refractivity contribution < 1.29 is 15.0 Å². The Bertz CT molecular complexity index is 211. The van der Waals surface area contributed by atoms with Crippen LogP contribution < -0.4 is 5.73 Å². The highest BCUT2D eigenvalue weighted by Gasteiger charge is 2.38. The first-order valence-corrected chi connectivity index (χ1v) is 5.91. The quantitative estimate of drug-likeness (QED) is 0.401. The lowest BCUT2D eigenvalue weighted by Gasteiger charge is -2.36. The van der Waals surface area contributed by atoms with E-state index < -0.39 is 11.6 Å². The summed E-state index contributed by atoms with van der Waals surface area (Å²) in [6.07, 6.45) is 3.22. The first kappa shape index (κ1) is 15.3. The number of likely N-dealkylation sites (N-methyl/N-ethyl adjacent to an activating group) is 1. The lowest BCUT2D eigenvalue weighted by Crippen LogP contribution is -2.62. The van der Waals surface area contributed by atoms with Gasteiger partial charge in [-0.2, -0.15) is 0 Å². The number of carboxylic acid groups (broad SMARTS) is 1. The minimum atomic E-state index is -1.34. The number of nitrogens with two attached hydrogens (primary N) is 1. The summed E-state index contributed by atoms with van der Waals surface area (Å²) in [6, 6.07) is 0. The second-order valence-corrected chi connectivity index (χ2v) is 3.99. The summed E-state index contributed by atoms with van der Waals surface area (Å²) in [7, 11) is 0. The van der Waals surface area contributed by atoms with Gasteiger partial charge in [-0.1, -0.05) is 26.7 Å². The Labute approximate surface area is 97.2 Å². The van der Waals surface area contributed by atoms with E-state index in [1.807, 2.05) is 6.92 Å². The topological polar surface area (TPSA) is 86.8 Å². The summed E-state index contributed by atoms with van der Waals surface area (Å²) in [4.78, 5) is 12.9. The predicted octanol–water partition coefficient (Wildman–Crippen LogP) is 0.621. The predicted molar refractivity (Wildman–Crippen MR) is 63.0 cm³/mol. The standard InChI is InChI=1S/C11H24N2O3/c1-3-5-6-7-11(12,10(15)16)13(4-2)8-9-14/h14H,3-9,12H2,1-2H3,(H,15,16).